The fourth-order valence-corrected chi connectivity index (χ4v) is 3.79. The van der Waals surface area contributed by atoms with E-state index in [1.165, 1.54) is 0 Å². The zero-order valence-corrected chi connectivity index (χ0v) is 14.6. The van der Waals surface area contributed by atoms with Crippen LogP contribution in [0.25, 0.3) is 0 Å². The summed E-state index contributed by atoms with van der Waals surface area (Å²) >= 11 is 11.8. The van der Waals surface area contributed by atoms with E-state index in [9.17, 15) is 9.59 Å². The summed E-state index contributed by atoms with van der Waals surface area (Å²) in [6.45, 7) is 0.481. The van der Waals surface area contributed by atoms with Gasteiger partial charge in [-0.05, 0) is 42.8 Å². The third-order valence-electron chi connectivity index (χ3n) is 4.80. The van der Waals surface area contributed by atoms with E-state index in [0.29, 0.717) is 34.2 Å². The topological polar surface area (TPSA) is 52.6 Å². The number of carbonyl (C=O) groups is 2. The van der Waals surface area contributed by atoms with Gasteiger partial charge in [-0.2, -0.15) is 0 Å². The third-order valence-corrected chi connectivity index (χ3v) is 5.31. The van der Waals surface area contributed by atoms with Crippen molar-refractivity contribution in [3.63, 3.8) is 0 Å². The Kier molecular flexibility index (Phi) is 4.07. The molecule has 6 heteroatoms. The largest absolute Gasteiger partial charge is 0.440 e. The normalized spacial score (nSPS) is 27.5. The number of fused-ring (bicyclic) bond motifs is 1. The van der Waals surface area contributed by atoms with Crippen LogP contribution in [0.2, 0.25) is 10.0 Å². The second-order valence-corrected chi connectivity index (χ2v) is 7.06. The second-order valence-electron chi connectivity index (χ2n) is 6.19. The summed E-state index contributed by atoms with van der Waals surface area (Å²) in [4.78, 5) is 25.5. The molecule has 0 aromatic heterocycles. The van der Waals surface area contributed by atoms with Crippen molar-refractivity contribution in [2.45, 2.75) is 18.1 Å². The number of benzene rings is 2. The first-order valence-corrected chi connectivity index (χ1v) is 8.69. The van der Waals surface area contributed by atoms with E-state index in [4.69, 9.17) is 32.7 Å². The molecule has 2 fully saturated rings. The van der Waals surface area contributed by atoms with Crippen molar-refractivity contribution in [1.82, 2.24) is 0 Å². The van der Waals surface area contributed by atoms with Crippen LogP contribution in [0.15, 0.2) is 48.5 Å². The van der Waals surface area contributed by atoms with E-state index in [1.54, 1.807) is 48.5 Å². The Labute approximate surface area is 154 Å². The first kappa shape index (κ1) is 16.6. The van der Waals surface area contributed by atoms with Crippen LogP contribution >= 0.6 is 23.2 Å². The van der Waals surface area contributed by atoms with Gasteiger partial charge in [0.1, 0.15) is 6.10 Å². The summed E-state index contributed by atoms with van der Waals surface area (Å²) in [5, 5.41) is 1.06. The molecular weight excluding hydrogens is 363 g/mol. The van der Waals surface area contributed by atoms with Gasteiger partial charge in [-0.15, -0.1) is 0 Å². The Balaban J connectivity index is 1.71. The van der Waals surface area contributed by atoms with E-state index in [1.807, 2.05) is 0 Å². The average Bonchev–Trinajstić information content (AvgIpc) is 3.07. The van der Waals surface area contributed by atoms with E-state index < -0.39 is 17.7 Å². The lowest BCUT2D eigenvalue weighted by atomic mass is 9.63. The lowest BCUT2D eigenvalue weighted by molar-refractivity contribution is -0.190. The number of ketones is 1. The summed E-state index contributed by atoms with van der Waals surface area (Å²) in [7, 11) is 0. The smallest absolute Gasteiger partial charge is 0.339 e. The van der Waals surface area contributed by atoms with E-state index in [-0.39, 0.29) is 11.7 Å². The van der Waals surface area contributed by atoms with Crippen LogP contribution in [-0.2, 0) is 19.9 Å². The molecule has 2 aromatic carbocycles. The van der Waals surface area contributed by atoms with Gasteiger partial charge >= 0.3 is 5.97 Å². The predicted octanol–water partition coefficient (Wildman–Crippen LogP) is 4.03. The lowest BCUT2D eigenvalue weighted by Gasteiger charge is -2.48. The van der Waals surface area contributed by atoms with Crippen molar-refractivity contribution in [2.75, 3.05) is 6.61 Å². The number of hydrogen-bond acceptors (Lipinski definition) is 4. The molecule has 1 saturated heterocycles. The molecule has 0 N–H and O–H groups in total. The Hall–Kier alpha value is -1.88. The van der Waals surface area contributed by atoms with Crippen molar-refractivity contribution in [3.8, 4) is 0 Å². The number of halogens is 2. The van der Waals surface area contributed by atoms with Crippen molar-refractivity contribution in [1.29, 1.82) is 0 Å². The van der Waals surface area contributed by atoms with Crippen LogP contribution in [0.1, 0.15) is 22.3 Å². The second kappa shape index (κ2) is 6.13. The number of Topliss-reactive ketones (excluding diaryl/α,β-unsaturated/α-hetero) is 1. The molecule has 4 nitrogen and oxygen atoms in total. The summed E-state index contributed by atoms with van der Waals surface area (Å²) in [6.07, 6.45) is 0.189. The highest BCUT2D eigenvalue weighted by molar-refractivity contribution is 6.30. The van der Waals surface area contributed by atoms with Crippen molar-refractivity contribution >= 4 is 35.0 Å². The van der Waals surface area contributed by atoms with Gasteiger partial charge < -0.3 is 9.47 Å². The SMILES string of the molecule is O=C(O[C@]1(c2ccc(Cl)cc2)C(=O)[C@H]2CCO[C@H]21)c1ccc(Cl)cc1. The minimum absolute atomic E-state index is 0.125. The standard InChI is InChI=1S/C19H14Cl2O4/c20-13-5-1-11(2-6-13)18(23)25-19(12-3-7-14(21)8-4-12)16(22)15-9-10-24-17(15)19/h1-8,15,17H,9-10H2/t15-,17-,19-/m1/s1. The lowest BCUT2D eigenvalue weighted by Crippen LogP contribution is -2.65. The minimum Gasteiger partial charge on any atom is -0.440 e. The Morgan fingerprint density at radius 3 is 2.28 bits per heavy atom. The van der Waals surface area contributed by atoms with Gasteiger partial charge in [-0.1, -0.05) is 35.3 Å². The van der Waals surface area contributed by atoms with Gasteiger partial charge in [0, 0.05) is 22.2 Å². The fourth-order valence-electron chi connectivity index (χ4n) is 3.54. The molecule has 0 radical (unpaired) electrons. The van der Waals surface area contributed by atoms with Gasteiger partial charge in [0.25, 0.3) is 0 Å². The molecule has 0 spiro atoms. The minimum atomic E-state index is -1.41. The Morgan fingerprint density at radius 1 is 1.04 bits per heavy atom. The molecule has 0 amide bonds. The molecule has 2 aliphatic rings. The molecule has 1 heterocycles. The van der Waals surface area contributed by atoms with E-state index in [2.05, 4.69) is 0 Å². The van der Waals surface area contributed by atoms with Crippen LogP contribution in [0.4, 0.5) is 0 Å². The highest BCUT2D eigenvalue weighted by Crippen LogP contribution is 2.52. The van der Waals surface area contributed by atoms with Crippen LogP contribution in [0.3, 0.4) is 0 Å². The highest BCUT2D eigenvalue weighted by Gasteiger charge is 2.68. The molecule has 0 bridgehead atoms. The van der Waals surface area contributed by atoms with Gasteiger partial charge in [0.05, 0.1) is 11.5 Å². The van der Waals surface area contributed by atoms with Crippen LogP contribution < -0.4 is 0 Å². The zero-order valence-electron chi connectivity index (χ0n) is 13.1. The summed E-state index contributed by atoms with van der Waals surface area (Å²) in [6, 6.07) is 13.1. The monoisotopic (exact) mass is 376 g/mol. The fraction of sp³-hybridized carbons (Fsp3) is 0.263. The van der Waals surface area contributed by atoms with Gasteiger partial charge in [0.15, 0.2) is 5.78 Å². The highest BCUT2D eigenvalue weighted by atomic mass is 35.5. The first-order valence-electron chi connectivity index (χ1n) is 7.93. The number of ether oxygens (including phenoxy) is 2. The number of hydrogen-bond donors (Lipinski definition) is 0. The predicted molar refractivity (Wildman–Crippen MR) is 92.9 cm³/mol. The average molecular weight is 377 g/mol. The molecule has 25 heavy (non-hydrogen) atoms. The first-order chi connectivity index (χ1) is 12.0. The molecule has 1 aliphatic carbocycles. The Bertz CT molecular complexity index is 832. The zero-order chi connectivity index (χ0) is 17.6. The molecular formula is C19H14Cl2O4. The molecule has 1 aliphatic heterocycles. The van der Waals surface area contributed by atoms with Gasteiger partial charge in [-0.3, -0.25) is 4.79 Å². The summed E-state index contributed by atoms with van der Waals surface area (Å²) in [5.74, 6) is -0.942. The molecule has 2 aromatic rings. The maximum atomic E-state index is 12.9. The van der Waals surface area contributed by atoms with Crippen molar-refractivity contribution < 1.29 is 19.1 Å². The van der Waals surface area contributed by atoms with Crippen LogP contribution in [-0.4, -0.2) is 24.5 Å². The van der Waals surface area contributed by atoms with Crippen molar-refractivity contribution in [2.24, 2.45) is 5.92 Å². The molecule has 3 atom stereocenters. The maximum Gasteiger partial charge on any atom is 0.339 e. The summed E-state index contributed by atoms with van der Waals surface area (Å²) in [5.41, 5.74) is -0.512. The number of esters is 1. The number of rotatable bonds is 3. The third kappa shape index (κ3) is 2.56. The maximum absolute atomic E-state index is 12.9. The Morgan fingerprint density at radius 2 is 1.64 bits per heavy atom. The molecule has 4 rings (SSSR count). The number of carbonyl (C=O) groups excluding carboxylic acids is 2. The molecule has 0 unspecified atom stereocenters. The van der Waals surface area contributed by atoms with Crippen LogP contribution in [0.5, 0.6) is 0 Å². The quantitative estimate of drug-likeness (QED) is 0.758. The molecule has 128 valence electrons. The van der Waals surface area contributed by atoms with Gasteiger partial charge in [0.2, 0.25) is 5.60 Å². The summed E-state index contributed by atoms with van der Waals surface area (Å²) < 4.78 is 11.5. The van der Waals surface area contributed by atoms with E-state index >= 15 is 0 Å². The van der Waals surface area contributed by atoms with E-state index in [0.717, 1.165) is 0 Å². The molecule has 1 saturated carbocycles. The van der Waals surface area contributed by atoms with Crippen molar-refractivity contribution in [3.05, 3.63) is 69.7 Å². The van der Waals surface area contributed by atoms with Gasteiger partial charge in [-0.25, -0.2) is 4.79 Å². The van der Waals surface area contributed by atoms with Crippen LogP contribution in [0, 0.1) is 5.92 Å².